The Morgan fingerprint density at radius 3 is 2.63 bits per heavy atom. The molecule has 0 aliphatic rings. The zero-order valence-electron chi connectivity index (χ0n) is 19.4. The molecule has 6 heteroatoms. The number of ether oxygens (including phenoxy) is 2. The van der Waals surface area contributed by atoms with Gasteiger partial charge in [0.25, 0.3) is 0 Å². The van der Waals surface area contributed by atoms with Crippen LogP contribution in [0.4, 0.5) is 0 Å². The highest BCUT2D eigenvalue weighted by Crippen LogP contribution is 2.23. The molecule has 0 saturated carbocycles. The zero-order valence-corrected chi connectivity index (χ0v) is 19.4. The Morgan fingerprint density at radius 1 is 1.03 bits per heavy atom. The van der Waals surface area contributed by atoms with E-state index in [-0.39, 0.29) is 6.61 Å². The number of rotatable bonds is 9. The molecular weight excluding hydrogens is 438 g/mol. The van der Waals surface area contributed by atoms with Crippen molar-refractivity contribution in [3.63, 3.8) is 0 Å². The van der Waals surface area contributed by atoms with Crippen molar-refractivity contribution in [1.29, 1.82) is 5.26 Å². The van der Waals surface area contributed by atoms with Gasteiger partial charge in [-0.2, -0.15) is 5.26 Å². The molecule has 0 bridgehead atoms. The monoisotopic (exact) mass is 463 g/mol. The Morgan fingerprint density at radius 2 is 1.83 bits per heavy atom. The number of benzene rings is 3. The second-order valence-corrected chi connectivity index (χ2v) is 7.82. The lowest BCUT2D eigenvalue weighted by atomic mass is 10.1. The summed E-state index contributed by atoms with van der Waals surface area (Å²) in [6, 6.07) is 26.9. The van der Waals surface area contributed by atoms with Gasteiger partial charge in [-0.1, -0.05) is 54.6 Å². The van der Waals surface area contributed by atoms with Gasteiger partial charge in [0.2, 0.25) is 0 Å². The number of nitrogens with zero attached hydrogens (tertiary/aromatic N) is 3. The molecule has 6 nitrogen and oxygen atoms in total. The largest absolute Gasteiger partial charge is 0.489 e. The van der Waals surface area contributed by atoms with Crippen LogP contribution in [0.3, 0.4) is 0 Å². The average molecular weight is 464 g/mol. The van der Waals surface area contributed by atoms with E-state index in [1.165, 1.54) is 0 Å². The average Bonchev–Trinajstić information content (AvgIpc) is 3.34. The molecule has 0 aliphatic heterocycles. The van der Waals surface area contributed by atoms with Gasteiger partial charge in [-0.25, -0.2) is 9.78 Å². The van der Waals surface area contributed by atoms with Crippen LogP contribution in [0.2, 0.25) is 0 Å². The molecule has 0 unspecified atom stereocenters. The number of imidazole rings is 1. The standard InChI is InChI=1S/C29H25N3O3/c1-2-34-29(33)27(28-31-14-15-32(28)20-22-8-4-3-5-9-22)18-23-10-7-13-26(17-23)35-21-25-12-6-11-24(16-25)19-30/h3-18H,2,20-21H2,1H3. The summed E-state index contributed by atoms with van der Waals surface area (Å²) < 4.78 is 13.2. The molecule has 0 spiro atoms. The lowest BCUT2D eigenvalue weighted by Gasteiger charge is -2.12. The van der Waals surface area contributed by atoms with Crippen molar-refractivity contribution < 1.29 is 14.3 Å². The van der Waals surface area contributed by atoms with Crippen molar-refractivity contribution in [1.82, 2.24) is 9.55 Å². The molecule has 4 rings (SSSR count). The third-order valence-electron chi connectivity index (χ3n) is 5.28. The van der Waals surface area contributed by atoms with E-state index in [2.05, 4.69) is 11.1 Å². The Bertz CT molecular complexity index is 1370. The quantitative estimate of drug-likeness (QED) is 0.242. The number of nitriles is 1. The predicted octanol–water partition coefficient (Wildman–Crippen LogP) is 5.49. The molecule has 1 aromatic heterocycles. The molecule has 0 amide bonds. The topological polar surface area (TPSA) is 77.1 Å². The molecule has 0 N–H and O–H groups in total. The molecule has 4 aromatic rings. The van der Waals surface area contributed by atoms with E-state index in [9.17, 15) is 4.79 Å². The molecular formula is C29H25N3O3. The van der Waals surface area contributed by atoms with Gasteiger partial charge < -0.3 is 14.0 Å². The van der Waals surface area contributed by atoms with Gasteiger partial charge in [0.05, 0.1) is 18.2 Å². The van der Waals surface area contributed by atoms with Gasteiger partial charge in [0.15, 0.2) is 0 Å². The number of hydrogen-bond donors (Lipinski definition) is 0. The SMILES string of the molecule is CCOC(=O)C(=Cc1cccc(OCc2cccc(C#N)c2)c1)c1nccn1Cc1ccccc1. The van der Waals surface area contributed by atoms with Crippen molar-refractivity contribution in [2.75, 3.05) is 6.61 Å². The second-order valence-electron chi connectivity index (χ2n) is 7.82. The van der Waals surface area contributed by atoms with Crippen molar-refractivity contribution in [2.24, 2.45) is 0 Å². The van der Waals surface area contributed by atoms with Crippen LogP contribution in [0.5, 0.6) is 5.75 Å². The van der Waals surface area contributed by atoms with Crippen LogP contribution in [0, 0.1) is 11.3 Å². The normalized spacial score (nSPS) is 11.0. The number of aromatic nitrogens is 2. The van der Waals surface area contributed by atoms with Crippen molar-refractivity contribution in [3.05, 3.63) is 119 Å². The first-order valence-corrected chi connectivity index (χ1v) is 11.3. The molecule has 174 valence electrons. The minimum atomic E-state index is -0.437. The third kappa shape index (κ3) is 6.24. The van der Waals surface area contributed by atoms with Crippen LogP contribution >= 0.6 is 0 Å². The fourth-order valence-corrected chi connectivity index (χ4v) is 3.64. The second kappa shape index (κ2) is 11.5. The number of carbonyl (C=O) groups is 1. The zero-order chi connectivity index (χ0) is 24.5. The smallest absolute Gasteiger partial charge is 0.341 e. The lowest BCUT2D eigenvalue weighted by Crippen LogP contribution is -2.12. The number of carbonyl (C=O) groups excluding carboxylic acids is 1. The summed E-state index contributed by atoms with van der Waals surface area (Å²) in [6.07, 6.45) is 5.30. The molecule has 0 fully saturated rings. The summed E-state index contributed by atoms with van der Waals surface area (Å²) in [5.41, 5.74) is 3.75. The molecule has 0 atom stereocenters. The van der Waals surface area contributed by atoms with E-state index in [0.29, 0.717) is 35.9 Å². The molecule has 1 heterocycles. The van der Waals surface area contributed by atoms with Crippen LogP contribution in [-0.2, 0) is 22.7 Å². The molecule has 3 aromatic carbocycles. The van der Waals surface area contributed by atoms with E-state index in [1.54, 1.807) is 31.3 Å². The summed E-state index contributed by atoms with van der Waals surface area (Å²) in [4.78, 5) is 17.4. The number of hydrogen-bond acceptors (Lipinski definition) is 5. The first-order valence-electron chi connectivity index (χ1n) is 11.3. The van der Waals surface area contributed by atoms with E-state index in [4.69, 9.17) is 14.7 Å². The van der Waals surface area contributed by atoms with Crippen LogP contribution in [0.15, 0.2) is 91.3 Å². The molecule has 0 aliphatic carbocycles. The van der Waals surface area contributed by atoms with Gasteiger partial charge in [0.1, 0.15) is 23.8 Å². The van der Waals surface area contributed by atoms with E-state index < -0.39 is 5.97 Å². The highest BCUT2D eigenvalue weighted by atomic mass is 16.5. The summed E-state index contributed by atoms with van der Waals surface area (Å²) in [5.74, 6) is 0.747. The fourth-order valence-electron chi connectivity index (χ4n) is 3.64. The summed E-state index contributed by atoms with van der Waals surface area (Å²) in [5, 5.41) is 9.09. The highest BCUT2D eigenvalue weighted by Gasteiger charge is 2.19. The summed E-state index contributed by atoms with van der Waals surface area (Å²) in [7, 11) is 0. The van der Waals surface area contributed by atoms with Crippen LogP contribution < -0.4 is 4.74 Å². The summed E-state index contributed by atoms with van der Waals surface area (Å²) in [6.45, 7) is 2.95. The Hall–Kier alpha value is -4.63. The minimum Gasteiger partial charge on any atom is -0.489 e. The van der Waals surface area contributed by atoms with Crippen molar-refractivity contribution >= 4 is 17.6 Å². The van der Waals surface area contributed by atoms with Gasteiger partial charge >= 0.3 is 5.97 Å². The molecule has 35 heavy (non-hydrogen) atoms. The van der Waals surface area contributed by atoms with E-state index >= 15 is 0 Å². The maximum absolute atomic E-state index is 12.9. The highest BCUT2D eigenvalue weighted by molar-refractivity contribution is 6.20. The third-order valence-corrected chi connectivity index (χ3v) is 5.28. The van der Waals surface area contributed by atoms with Crippen molar-refractivity contribution in [2.45, 2.75) is 20.1 Å². The van der Waals surface area contributed by atoms with Gasteiger partial charge in [-0.3, -0.25) is 0 Å². The van der Waals surface area contributed by atoms with Gasteiger partial charge in [-0.05, 0) is 54.0 Å². The van der Waals surface area contributed by atoms with Gasteiger partial charge in [-0.15, -0.1) is 0 Å². The Balaban J connectivity index is 1.60. The fraction of sp³-hybridized carbons (Fsp3) is 0.138. The maximum Gasteiger partial charge on any atom is 0.341 e. The van der Waals surface area contributed by atoms with Crippen molar-refractivity contribution in [3.8, 4) is 11.8 Å². The lowest BCUT2D eigenvalue weighted by molar-refractivity contribution is -0.136. The first-order chi connectivity index (χ1) is 17.2. The van der Waals surface area contributed by atoms with E-state index in [0.717, 1.165) is 16.7 Å². The molecule has 0 radical (unpaired) electrons. The van der Waals surface area contributed by atoms with Gasteiger partial charge in [0, 0.05) is 18.9 Å². The van der Waals surface area contributed by atoms with E-state index in [1.807, 2.05) is 77.5 Å². The Kier molecular flexibility index (Phi) is 7.72. The number of esters is 1. The predicted molar refractivity (Wildman–Crippen MR) is 134 cm³/mol. The van der Waals surface area contributed by atoms with Crippen LogP contribution in [0.25, 0.3) is 11.6 Å². The minimum absolute atomic E-state index is 0.264. The van der Waals surface area contributed by atoms with Crippen LogP contribution in [-0.4, -0.2) is 22.1 Å². The maximum atomic E-state index is 12.9. The Labute approximate surface area is 204 Å². The molecule has 0 saturated heterocycles. The first kappa shape index (κ1) is 23.5. The summed E-state index contributed by atoms with van der Waals surface area (Å²) >= 11 is 0. The van der Waals surface area contributed by atoms with Crippen LogP contribution in [0.1, 0.15) is 35.0 Å².